The van der Waals surface area contributed by atoms with Crippen molar-refractivity contribution in [1.29, 1.82) is 0 Å². The predicted molar refractivity (Wildman–Crippen MR) is 79.9 cm³/mol. The van der Waals surface area contributed by atoms with E-state index in [0.717, 1.165) is 27.5 Å². The topological polar surface area (TPSA) is 44.5 Å². The molecule has 0 saturated carbocycles. The maximum atomic E-state index is 5.89. The molecular formula is C13H17Br2NO2. The normalized spacial score (nSPS) is 22.1. The van der Waals surface area contributed by atoms with Crippen LogP contribution in [0.4, 0.5) is 5.69 Å². The quantitative estimate of drug-likeness (QED) is 0.804. The van der Waals surface area contributed by atoms with E-state index in [4.69, 9.17) is 15.2 Å². The van der Waals surface area contributed by atoms with Gasteiger partial charge in [0, 0.05) is 5.69 Å². The average Bonchev–Trinajstić information content (AvgIpc) is 2.56. The first-order valence-electron chi connectivity index (χ1n) is 5.92. The van der Waals surface area contributed by atoms with Crippen LogP contribution in [-0.4, -0.2) is 18.3 Å². The molecule has 1 aromatic rings. The van der Waals surface area contributed by atoms with E-state index in [1.54, 1.807) is 0 Å². The molecule has 0 bridgehead atoms. The van der Waals surface area contributed by atoms with Crippen LogP contribution in [-0.2, 0) is 4.74 Å². The fraction of sp³-hybridized carbons (Fsp3) is 0.538. The number of anilines is 1. The number of rotatable bonds is 3. The van der Waals surface area contributed by atoms with Crippen molar-refractivity contribution in [3.8, 4) is 5.75 Å². The SMILES string of the molecule is CC1(C)CCC(COc2c(Br)cc(N)cc2Br)O1. The standard InChI is InChI=1S/C13H17Br2NO2/c1-13(2)4-3-9(18-13)7-17-12-10(14)5-8(16)6-11(12)15/h5-6,9H,3-4,7,16H2,1-2H3. The van der Waals surface area contributed by atoms with Gasteiger partial charge in [0.1, 0.15) is 12.4 Å². The fourth-order valence-electron chi connectivity index (χ4n) is 2.09. The van der Waals surface area contributed by atoms with Gasteiger partial charge in [0.15, 0.2) is 0 Å². The lowest BCUT2D eigenvalue weighted by Crippen LogP contribution is -2.24. The Morgan fingerprint density at radius 2 is 2.00 bits per heavy atom. The largest absolute Gasteiger partial charge is 0.489 e. The van der Waals surface area contributed by atoms with E-state index in [9.17, 15) is 0 Å². The van der Waals surface area contributed by atoms with Crippen molar-refractivity contribution in [3.05, 3.63) is 21.1 Å². The number of nitrogens with two attached hydrogens (primary N) is 1. The maximum absolute atomic E-state index is 5.89. The van der Waals surface area contributed by atoms with E-state index in [1.807, 2.05) is 12.1 Å². The Bertz CT molecular complexity index is 426. The summed E-state index contributed by atoms with van der Waals surface area (Å²) in [6, 6.07) is 3.67. The molecule has 1 fully saturated rings. The van der Waals surface area contributed by atoms with Gasteiger partial charge in [-0.3, -0.25) is 0 Å². The Kier molecular flexibility index (Phi) is 4.24. The van der Waals surface area contributed by atoms with Gasteiger partial charge in [0.2, 0.25) is 0 Å². The van der Waals surface area contributed by atoms with Crippen molar-refractivity contribution < 1.29 is 9.47 Å². The molecular weight excluding hydrogens is 362 g/mol. The predicted octanol–water partition coefficient (Wildman–Crippen LogP) is 4.13. The zero-order chi connectivity index (χ0) is 13.3. The smallest absolute Gasteiger partial charge is 0.147 e. The Morgan fingerprint density at radius 3 is 2.50 bits per heavy atom. The summed E-state index contributed by atoms with van der Waals surface area (Å²) < 4.78 is 13.4. The molecule has 1 heterocycles. The lowest BCUT2D eigenvalue weighted by Gasteiger charge is -2.20. The molecule has 3 nitrogen and oxygen atoms in total. The minimum absolute atomic E-state index is 0.0242. The molecule has 1 saturated heterocycles. The fourth-order valence-corrected chi connectivity index (χ4v) is 3.54. The van der Waals surface area contributed by atoms with Crippen LogP contribution in [0, 0.1) is 0 Å². The Hall–Kier alpha value is -0.260. The first kappa shape index (κ1) is 14.2. The molecule has 5 heteroatoms. The molecule has 100 valence electrons. The van der Waals surface area contributed by atoms with Gasteiger partial charge in [-0.05, 0) is 70.7 Å². The minimum Gasteiger partial charge on any atom is -0.489 e. The highest BCUT2D eigenvalue weighted by Crippen LogP contribution is 2.36. The van der Waals surface area contributed by atoms with Crippen molar-refractivity contribution in [3.63, 3.8) is 0 Å². The second kappa shape index (κ2) is 5.39. The van der Waals surface area contributed by atoms with Gasteiger partial charge in [-0.1, -0.05) is 0 Å². The van der Waals surface area contributed by atoms with E-state index in [2.05, 4.69) is 45.7 Å². The third kappa shape index (κ3) is 3.39. The minimum atomic E-state index is -0.0242. The number of halogens is 2. The maximum Gasteiger partial charge on any atom is 0.147 e. The molecule has 2 N–H and O–H groups in total. The van der Waals surface area contributed by atoms with Gasteiger partial charge in [-0.2, -0.15) is 0 Å². The summed E-state index contributed by atoms with van der Waals surface area (Å²) in [7, 11) is 0. The molecule has 2 rings (SSSR count). The van der Waals surface area contributed by atoms with Crippen molar-refractivity contribution >= 4 is 37.5 Å². The summed E-state index contributed by atoms with van der Waals surface area (Å²) >= 11 is 6.91. The molecule has 18 heavy (non-hydrogen) atoms. The lowest BCUT2D eigenvalue weighted by molar-refractivity contribution is -0.0328. The van der Waals surface area contributed by atoms with Crippen LogP contribution in [0.5, 0.6) is 5.75 Å². The van der Waals surface area contributed by atoms with Crippen molar-refractivity contribution in [2.45, 2.75) is 38.4 Å². The first-order chi connectivity index (χ1) is 8.37. The lowest BCUT2D eigenvalue weighted by atomic mass is 10.1. The second-order valence-electron chi connectivity index (χ2n) is 5.16. The number of hydrogen-bond acceptors (Lipinski definition) is 3. The third-order valence-corrected chi connectivity index (χ3v) is 4.17. The number of hydrogen-bond donors (Lipinski definition) is 1. The molecule has 1 aromatic carbocycles. The van der Waals surface area contributed by atoms with Gasteiger partial charge >= 0.3 is 0 Å². The highest BCUT2D eigenvalue weighted by atomic mass is 79.9. The molecule has 0 aliphatic carbocycles. The summed E-state index contributed by atoms with van der Waals surface area (Å²) in [5.41, 5.74) is 6.41. The Balaban J connectivity index is 1.99. The van der Waals surface area contributed by atoms with Gasteiger partial charge in [-0.25, -0.2) is 0 Å². The van der Waals surface area contributed by atoms with Gasteiger partial charge in [0.25, 0.3) is 0 Å². The molecule has 1 aliphatic rings. The third-order valence-electron chi connectivity index (χ3n) is 2.99. The van der Waals surface area contributed by atoms with Gasteiger partial charge in [0.05, 0.1) is 20.7 Å². The van der Waals surface area contributed by atoms with Crippen molar-refractivity contribution in [1.82, 2.24) is 0 Å². The molecule has 0 spiro atoms. The molecule has 0 amide bonds. The van der Waals surface area contributed by atoms with E-state index < -0.39 is 0 Å². The second-order valence-corrected chi connectivity index (χ2v) is 6.87. The van der Waals surface area contributed by atoms with Crippen LogP contribution in [0.2, 0.25) is 0 Å². The van der Waals surface area contributed by atoms with E-state index in [0.29, 0.717) is 12.3 Å². The number of nitrogen functional groups attached to an aromatic ring is 1. The summed E-state index contributed by atoms with van der Waals surface area (Å²) in [6.07, 6.45) is 2.28. The zero-order valence-electron chi connectivity index (χ0n) is 10.5. The summed E-state index contributed by atoms with van der Waals surface area (Å²) in [5, 5.41) is 0. The van der Waals surface area contributed by atoms with Gasteiger partial charge < -0.3 is 15.2 Å². The van der Waals surface area contributed by atoms with E-state index in [-0.39, 0.29) is 11.7 Å². The summed E-state index contributed by atoms with van der Waals surface area (Å²) in [5.74, 6) is 0.775. The molecule has 1 aliphatic heterocycles. The zero-order valence-corrected chi connectivity index (χ0v) is 13.7. The van der Waals surface area contributed by atoms with Crippen LogP contribution in [0.1, 0.15) is 26.7 Å². The number of benzene rings is 1. The highest BCUT2D eigenvalue weighted by Gasteiger charge is 2.32. The van der Waals surface area contributed by atoms with Crippen LogP contribution < -0.4 is 10.5 Å². The van der Waals surface area contributed by atoms with Crippen molar-refractivity contribution in [2.24, 2.45) is 0 Å². The first-order valence-corrected chi connectivity index (χ1v) is 7.51. The Morgan fingerprint density at radius 1 is 1.39 bits per heavy atom. The summed E-state index contributed by atoms with van der Waals surface area (Å²) in [6.45, 7) is 4.79. The average molecular weight is 379 g/mol. The Labute approximate surface area is 124 Å². The number of ether oxygens (including phenoxy) is 2. The van der Waals surface area contributed by atoms with E-state index >= 15 is 0 Å². The van der Waals surface area contributed by atoms with Crippen LogP contribution >= 0.6 is 31.9 Å². The van der Waals surface area contributed by atoms with Crippen LogP contribution in [0.3, 0.4) is 0 Å². The summed E-state index contributed by atoms with van der Waals surface area (Å²) in [4.78, 5) is 0. The van der Waals surface area contributed by atoms with E-state index in [1.165, 1.54) is 0 Å². The molecule has 0 aromatic heterocycles. The molecule has 0 radical (unpaired) electrons. The van der Waals surface area contributed by atoms with Crippen LogP contribution in [0.15, 0.2) is 21.1 Å². The molecule has 1 atom stereocenters. The van der Waals surface area contributed by atoms with Crippen LogP contribution in [0.25, 0.3) is 0 Å². The highest BCUT2D eigenvalue weighted by molar-refractivity contribution is 9.11. The van der Waals surface area contributed by atoms with Crippen molar-refractivity contribution in [2.75, 3.05) is 12.3 Å². The van der Waals surface area contributed by atoms with Gasteiger partial charge in [-0.15, -0.1) is 0 Å². The monoisotopic (exact) mass is 377 g/mol. The molecule has 1 unspecified atom stereocenters.